The zero-order valence-electron chi connectivity index (χ0n) is 14.2. The predicted octanol–water partition coefficient (Wildman–Crippen LogP) is 3.31. The van der Waals surface area contributed by atoms with Crippen molar-refractivity contribution in [3.63, 3.8) is 0 Å². The summed E-state index contributed by atoms with van der Waals surface area (Å²) in [7, 11) is 2.18. The Balaban J connectivity index is 1.64. The fourth-order valence-electron chi connectivity index (χ4n) is 3.29. The second kappa shape index (κ2) is 7.09. The summed E-state index contributed by atoms with van der Waals surface area (Å²) in [6.45, 7) is 2.95. The molecule has 0 atom stereocenters. The molecule has 0 unspecified atom stereocenters. The molecule has 4 heterocycles. The van der Waals surface area contributed by atoms with Crippen LogP contribution in [0.1, 0.15) is 30.0 Å². The van der Waals surface area contributed by atoms with Crippen LogP contribution in [-0.2, 0) is 6.54 Å². The number of pyridine rings is 1. The van der Waals surface area contributed by atoms with E-state index in [0.29, 0.717) is 12.5 Å². The Kier molecular flexibility index (Phi) is 4.67. The molecule has 4 rings (SSSR count). The molecule has 130 valence electrons. The van der Waals surface area contributed by atoms with Gasteiger partial charge in [0.25, 0.3) is 0 Å². The first-order valence-electron chi connectivity index (χ1n) is 8.56. The molecule has 0 aliphatic carbocycles. The number of rotatable bonds is 4. The summed E-state index contributed by atoms with van der Waals surface area (Å²) in [6.07, 6.45) is 7.76. The molecule has 1 N–H and O–H groups in total. The highest BCUT2D eigenvalue weighted by atomic mass is 79.9. The third-order valence-electron chi connectivity index (χ3n) is 4.78. The highest BCUT2D eigenvalue weighted by Gasteiger charge is 2.21. The summed E-state index contributed by atoms with van der Waals surface area (Å²) in [4.78, 5) is 11.4. The maximum Gasteiger partial charge on any atom is 0.171 e. The molecule has 25 heavy (non-hydrogen) atoms. The lowest BCUT2D eigenvalue weighted by Crippen LogP contribution is -2.29. The van der Waals surface area contributed by atoms with Crippen LogP contribution in [0, 0.1) is 0 Å². The van der Waals surface area contributed by atoms with Crippen molar-refractivity contribution >= 4 is 27.4 Å². The van der Waals surface area contributed by atoms with Crippen molar-refractivity contribution in [2.45, 2.75) is 25.3 Å². The summed E-state index contributed by atoms with van der Waals surface area (Å²) >= 11 is 3.57. The van der Waals surface area contributed by atoms with Crippen LogP contribution in [0.15, 0.2) is 41.3 Å². The van der Waals surface area contributed by atoms with E-state index in [1.54, 1.807) is 12.4 Å². The van der Waals surface area contributed by atoms with Crippen LogP contribution >= 0.6 is 15.9 Å². The Labute approximate surface area is 155 Å². The maximum absolute atomic E-state index is 4.88. The van der Waals surface area contributed by atoms with Gasteiger partial charge >= 0.3 is 0 Å². The first-order chi connectivity index (χ1) is 12.2. The van der Waals surface area contributed by atoms with E-state index in [1.165, 1.54) is 0 Å². The van der Waals surface area contributed by atoms with Crippen molar-refractivity contribution in [3.8, 4) is 0 Å². The number of piperidine rings is 1. The van der Waals surface area contributed by atoms with Crippen molar-refractivity contribution in [1.82, 2.24) is 24.5 Å². The molecule has 7 heteroatoms. The Morgan fingerprint density at radius 2 is 2.12 bits per heavy atom. The van der Waals surface area contributed by atoms with Crippen LogP contribution in [0.3, 0.4) is 0 Å². The van der Waals surface area contributed by atoms with E-state index in [-0.39, 0.29) is 0 Å². The van der Waals surface area contributed by atoms with E-state index < -0.39 is 0 Å². The van der Waals surface area contributed by atoms with E-state index in [0.717, 1.165) is 53.1 Å². The molecular weight excluding hydrogens is 380 g/mol. The second-order valence-electron chi connectivity index (χ2n) is 6.59. The monoisotopic (exact) mass is 400 g/mol. The minimum absolute atomic E-state index is 0.502. The summed E-state index contributed by atoms with van der Waals surface area (Å²) in [6, 6.07) is 6.17. The van der Waals surface area contributed by atoms with Crippen LogP contribution in [0.5, 0.6) is 0 Å². The minimum Gasteiger partial charge on any atom is -0.366 e. The highest BCUT2D eigenvalue weighted by molar-refractivity contribution is 9.10. The quantitative estimate of drug-likeness (QED) is 0.727. The fourth-order valence-corrected chi connectivity index (χ4v) is 3.64. The number of aromatic nitrogens is 4. The van der Waals surface area contributed by atoms with E-state index in [2.05, 4.69) is 55.4 Å². The summed E-state index contributed by atoms with van der Waals surface area (Å²) in [5, 5.41) is 7.94. The normalized spacial score (nSPS) is 16.4. The van der Waals surface area contributed by atoms with Crippen molar-refractivity contribution in [2.75, 3.05) is 25.5 Å². The first-order valence-corrected chi connectivity index (χ1v) is 9.35. The molecule has 0 amide bonds. The third kappa shape index (κ3) is 3.52. The summed E-state index contributed by atoms with van der Waals surface area (Å²) < 4.78 is 2.78. The van der Waals surface area contributed by atoms with Crippen LogP contribution in [0.25, 0.3) is 5.65 Å². The Morgan fingerprint density at radius 3 is 2.88 bits per heavy atom. The van der Waals surface area contributed by atoms with Gasteiger partial charge in [0.15, 0.2) is 5.65 Å². The molecule has 1 aliphatic rings. The van der Waals surface area contributed by atoms with E-state index in [1.807, 2.05) is 16.8 Å². The van der Waals surface area contributed by atoms with E-state index in [4.69, 9.17) is 4.98 Å². The van der Waals surface area contributed by atoms with Gasteiger partial charge in [-0.2, -0.15) is 9.61 Å². The van der Waals surface area contributed by atoms with Gasteiger partial charge in [-0.05, 0) is 60.5 Å². The molecule has 0 bridgehead atoms. The molecule has 1 saturated heterocycles. The molecule has 0 aromatic carbocycles. The van der Waals surface area contributed by atoms with Crippen LogP contribution in [-0.4, -0.2) is 44.6 Å². The number of hydrogen-bond donors (Lipinski definition) is 1. The zero-order chi connectivity index (χ0) is 17.2. The lowest BCUT2D eigenvalue weighted by molar-refractivity contribution is 0.253. The minimum atomic E-state index is 0.502. The predicted molar refractivity (Wildman–Crippen MR) is 102 cm³/mol. The Hall–Kier alpha value is -1.99. The largest absolute Gasteiger partial charge is 0.366 e. The summed E-state index contributed by atoms with van der Waals surface area (Å²) in [5.41, 5.74) is 3.15. The van der Waals surface area contributed by atoms with Gasteiger partial charge < -0.3 is 10.2 Å². The average Bonchev–Trinajstić information content (AvgIpc) is 3.02. The highest BCUT2D eigenvalue weighted by Crippen LogP contribution is 2.30. The molecule has 1 fully saturated rings. The van der Waals surface area contributed by atoms with Crippen LogP contribution < -0.4 is 5.32 Å². The number of nitrogens with one attached hydrogen (secondary N) is 1. The van der Waals surface area contributed by atoms with Crippen LogP contribution in [0.2, 0.25) is 0 Å². The van der Waals surface area contributed by atoms with Gasteiger partial charge in [0, 0.05) is 36.6 Å². The van der Waals surface area contributed by atoms with Crippen molar-refractivity contribution in [2.24, 2.45) is 0 Å². The van der Waals surface area contributed by atoms with Crippen molar-refractivity contribution in [1.29, 1.82) is 0 Å². The molecule has 0 radical (unpaired) electrons. The number of likely N-dealkylation sites (tertiary alicyclic amines) is 1. The Bertz CT molecular complexity index is 855. The smallest absolute Gasteiger partial charge is 0.171 e. The molecule has 0 saturated carbocycles. The van der Waals surface area contributed by atoms with Crippen molar-refractivity contribution in [3.05, 3.63) is 52.5 Å². The van der Waals surface area contributed by atoms with Gasteiger partial charge in [0.05, 0.1) is 10.7 Å². The molecule has 0 spiro atoms. The van der Waals surface area contributed by atoms with Crippen molar-refractivity contribution < 1.29 is 0 Å². The molecule has 6 nitrogen and oxygen atoms in total. The number of nitrogens with zero attached hydrogens (tertiary/aromatic N) is 5. The van der Waals surface area contributed by atoms with Gasteiger partial charge in [-0.3, -0.25) is 4.98 Å². The number of fused-ring (bicyclic) bond motifs is 1. The molecule has 3 aromatic heterocycles. The van der Waals surface area contributed by atoms with E-state index in [9.17, 15) is 0 Å². The third-order valence-corrected chi connectivity index (χ3v) is 5.34. The van der Waals surface area contributed by atoms with Gasteiger partial charge in [-0.25, -0.2) is 4.98 Å². The SMILES string of the molecule is CN1CCC(c2cc(NCc3cccnc3)n3ncc(Br)c3n2)CC1. The number of anilines is 1. The topological polar surface area (TPSA) is 58.4 Å². The molecule has 1 aliphatic heterocycles. The van der Waals surface area contributed by atoms with Gasteiger partial charge in [-0.1, -0.05) is 6.07 Å². The average molecular weight is 401 g/mol. The van der Waals surface area contributed by atoms with Gasteiger partial charge in [-0.15, -0.1) is 0 Å². The first kappa shape index (κ1) is 16.5. The van der Waals surface area contributed by atoms with Gasteiger partial charge in [0.1, 0.15) is 5.82 Å². The zero-order valence-corrected chi connectivity index (χ0v) is 15.8. The second-order valence-corrected chi connectivity index (χ2v) is 7.44. The molecule has 3 aromatic rings. The van der Waals surface area contributed by atoms with Crippen LogP contribution in [0.4, 0.5) is 5.82 Å². The Morgan fingerprint density at radius 1 is 1.28 bits per heavy atom. The summed E-state index contributed by atoms with van der Waals surface area (Å²) in [5.74, 6) is 1.47. The standard InChI is InChI=1S/C18H21BrN6/c1-24-7-4-14(5-8-24)16-9-17(21-11-13-3-2-6-20-10-13)25-18(23-16)15(19)12-22-25/h2-3,6,9-10,12,14,21H,4-5,7-8,11H2,1H3. The fraction of sp³-hybridized carbons (Fsp3) is 0.389. The van der Waals surface area contributed by atoms with E-state index >= 15 is 0 Å². The van der Waals surface area contributed by atoms with Gasteiger partial charge in [0.2, 0.25) is 0 Å². The molecular formula is C18H21BrN6. The lowest BCUT2D eigenvalue weighted by Gasteiger charge is -2.28. The lowest BCUT2D eigenvalue weighted by atomic mass is 9.93. The maximum atomic E-state index is 4.88. The number of halogens is 1. The number of hydrogen-bond acceptors (Lipinski definition) is 5.